The Morgan fingerprint density at radius 3 is 2.62 bits per heavy atom. The highest BCUT2D eigenvalue weighted by molar-refractivity contribution is 7.17. The molecule has 0 atom stereocenters. The molecule has 0 spiro atoms. The van der Waals surface area contributed by atoms with Crippen molar-refractivity contribution in [2.45, 2.75) is 0 Å². The molecule has 1 aromatic heterocycles. The van der Waals surface area contributed by atoms with Gasteiger partial charge in [-0.2, -0.15) is 0 Å². The molecule has 0 radical (unpaired) electrons. The van der Waals surface area contributed by atoms with Crippen molar-refractivity contribution >= 4 is 17.2 Å². The third-order valence-electron chi connectivity index (χ3n) is 2.01. The average Bonchev–Trinajstić information content (AvgIpc) is 2.80. The van der Waals surface area contributed by atoms with Crippen molar-refractivity contribution < 1.29 is 4.79 Å². The lowest BCUT2D eigenvalue weighted by molar-refractivity contribution is 0.100. The molecule has 0 unspecified atom stereocenters. The molecule has 1 heterocycles. The zero-order valence-corrected chi connectivity index (χ0v) is 9.02. The molecule has 1 aromatic carbocycles. The Labute approximate surface area is 95.8 Å². The second-order valence-electron chi connectivity index (χ2n) is 3.02. The van der Waals surface area contributed by atoms with E-state index in [2.05, 4.69) is 10.0 Å². The van der Waals surface area contributed by atoms with Crippen molar-refractivity contribution in [2.75, 3.05) is 0 Å². The minimum atomic E-state index is -0.533. The van der Waals surface area contributed by atoms with Gasteiger partial charge in [0.25, 0.3) is 5.91 Å². The van der Waals surface area contributed by atoms with Crippen LogP contribution in [0.1, 0.15) is 9.67 Å². The van der Waals surface area contributed by atoms with Gasteiger partial charge in [0.1, 0.15) is 0 Å². The van der Waals surface area contributed by atoms with Gasteiger partial charge in [0.2, 0.25) is 0 Å². The summed E-state index contributed by atoms with van der Waals surface area (Å²) in [6.45, 7) is 0. The molecule has 16 heavy (non-hydrogen) atoms. The van der Waals surface area contributed by atoms with Gasteiger partial charge in [-0.15, -0.1) is 11.3 Å². The summed E-state index contributed by atoms with van der Waals surface area (Å²) in [7, 11) is 0. The number of carbonyl (C=O) groups is 1. The van der Waals surface area contributed by atoms with E-state index in [0.717, 1.165) is 10.4 Å². The van der Waals surface area contributed by atoms with Crippen molar-refractivity contribution in [3.63, 3.8) is 0 Å². The largest absolute Gasteiger partial charge is 0.286 e. The molecular weight excluding hydrogens is 222 g/mol. The normalized spacial score (nSPS) is 9.50. The van der Waals surface area contributed by atoms with E-state index in [0.29, 0.717) is 4.88 Å². The first-order valence-corrected chi connectivity index (χ1v) is 5.37. The van der Waals surface area contributed by atoms with Gasteiger partial charge in [-0.25, -0.2) is 0 Å². The number of hydrogen-bond acceptors (Lipinski definition) is 2. The first kappa shape index (κ1) is 10.4. The van der Waals surface area contributed by atoms with Crippen LogP contribution in [0.2, 0.25) is 0 Å². The molecule has 2 rings (SSSR count). The van der Waals surface area contributed by atoms with E-state index in [4.69, 9.17) is 5.53 Å². The summed E-state index contributed by atoms with van der Waals surface area (Å²) >= 11 is 1.32. The summed E-state index contributed by atoms with van der Waals surface area (Å²) in [5.41, 5.74) is 9.21. The number of rotatable bonds is 2. The number of thiophene rings is 1. The van der Waals surface area contributed by atoms with E-state index in [1.807, 2.05) is 36.4 Å². The van der Waals surface area contributed by atoms with Crippen molar-refractivity contribution in [1.29, 1.82) is 0 Å². The standard InChI is InChI=1S/C11H7N3OS/c12-14-13-11(15)10-7-6-9(16-10)8-4-2-1-3-5-8/h1-7H. The highest BCUT2D eigenvalue weighted by Gasteiger charge is 2.07. The molecule has 4 nitrogen and oxygen atoms in total. The molecule has 0 fully saturated rings. The van der Waals surface area contributed by atoms with Crippen LogP contribution >= 0.6 is 11.3 Å². The number of hydrogen-bond donors (Lipinski definition) is 0. The number of carbonyl (C=O) groups excluding carboxylic acids is 1. The fraction of sp³-hybridized carbons (Fsp3) is 0. The maximum Gasteiger partial charge on any atom is 0.259 e. The summed E-state index contributed by atoms with van der Waals surface area (Å²) in [5, 5.41) is 3.05. The fourth-order valence-corrected chi connectivity index (χ4v) is 2.19. The predicted octanol–water partition coefficient (Wildman–Crippen LogP) is 3.87. The molecule has 5 heteroatoms. The molecule has 0 saturated carbocycles. The van der Waals surface area contributed by atoms with Crippen LogP contribution in [0.15, 0.2) is 47.6 Å². The minimum Gasteiger partial charge on any atom is -0.286 e. The lowest BCUT2D eigenvalue weighted by Gasteiger charge is -1.94. The van der Waals surface area contributed by atoms with Gasteiger partial charge in [-0.1, -0.05) is 30.3 Å². The number of amides is 1. The second kappa shape index (κ2) is 4.61. The summed E-state index contributed by atoms with van der Waals surface area (Å²) in [6, 6.07) is 13.3. The van der Waals surface area contributed by atoms with Crippen LogP contribution in [0, 0.1) is 0 Å². The Bertz CT molecular complexity index is 556. The Kier molecular flexibility index (Phi) is 3.00. The van der Waals surface area contributed by atoms with E-state index in [9.17, 15) is 4.79 Å². The zero-order chi connectivity index (χ0) is 11.4. The second-order valence-corrected chi connectivity index (χ2v) is 4.11. The van der Waals surface area contributed by atoms with Crippen molar-refractivity contribution in [2.24, 2.45) is 5.11 Å². The van der Waals surface area contributed by atoms with Crippen molar-refractivity contribution in [1.82, 2.24) is 0 Å². The molecule has 0 aliphatic carbocycles. The van der Waals surface area contributed by atoms with Gasteiger partial charge in [-0.3, -0.25) is 4.79 Å². The highest BCUT2D eigenvalue weighted by Crippen LogP contribution is 2.28. The highest BCUT2D eigenvalue weighted by atomic mass is 32.1. The summed E-state index contributed by atoms with van der Waals surface area (Å²) in [4.78, 5) is 15.2. The van der Waals surface area contributed by atoms with Crippen LogP contribution in [-0.4, -0.2) is 5.91 Å². The summed E-state index contributed by atoms with van der Waals surface area (Å²) in [6.07, 6.45) is 0. The molecule has 2 aromatic rings. The molecule has 0 saturated heterocycles. The monoisotopic (exact) mass is 229 g/mol. The smallest absolute Gasteiger partial charge is 0.259 e. The van der Waals surface area contributed by atoms with Crippen molar-refractivity contribution in [3.05, 3.63) is 57.8 Å². The van der Waals surface area contributed by atoms with Gasteiger partial charge < -0.3 is 0 Å². The number of azide groups is 1. The van der Waals surface area contributed by atoms with Crippen LogP contribution in [0.3, 0.4) is 0 Å². The Balaban J connectivity index is 2.33. The maximum atomic E-state index is 11.3. The Morgan fingerprint density at radius 2 is 1.94 bits per heavy atom. The van der Waals surface area contributed by atoms with E-state index in [1.165, 1.54) is 11.3 Å². The predicted molar refractivity (Wildman–Crippen MR) is 63.2 cm³/mol. The quantitative estimate of drug-likeness (QED) is 0.438. The van der Waals surface area contributed by atoms with E-state index in [-0.39, 0.29) is 0 Å². The SMILES string of the molecule is [N-]=[N+]=NC(=O)c1ccc(-c2ccccc2)s1. The molecule has 0 bridgehead atoms. The van der Waals surface area contributed by atoms with Gasteiger partial charge >= 0.3 is 0 Å². The fourth-order valence-electron chi connectivity index (χ4n) is 1.30. The lowest BCUT2D eigenvalue weighted by Crippen LogP contribution is -1.86. The van der Waals surface area contributed by atoms with Gasteiger partial charge in [0, 0.05) is 9.79 Å². The number of benzene rings is 1. The summed E-state index contributed by atoms with van der Waals surface area (Å²) in [5.74, 6) is -0.533. The molecule has 0 N–H and O–H groups in total. The molecular formula is C11H7N3OS. The van der Waals surface area contributed by atoms with Crippen LogP contribution < -0.4 is 0 Å². The van der Waals surface area contributed by atoms with Crippen LogP contribution in [0.4, 0.5) is 0 Å². The van der Waals surface area contributed by atoms with E-state index < -0.39 is 5.91 Å². The molecule has 78 valence electrons. The first-order valence-electron chi connectivity index (χ1n) is 4.56. The molecule has 1 amide bonds. The van der Waals surface area contributed by atoms with Gasteiger partial charge in [-0.05, 0) is 28.3 Å². The van der Waals surface area contributed by atoms with Crippen molar-refractivity contribution in [3.8, 4) is 10.4 Å². The zero-order valence-electron chi connectivity index (χ0n) is 8.20. The van der Waals surface area contributed by atoms with Crippen LogP contribution in [-0.2, 0) is 0 Å². The average molecular weight is 229 g/mol. The van der Waals surface area contributed by atoms with Crippen LogP contribution in [0.25, 0.3) is 20.9 Å². The topological polar surface area (TPSA) is 65.8 Å². The maximum absolute atomic E-state index is 11.3. The lowest BCUT2D eigenvalue weighted by atomic mass is 10.2. The number of nitrogens with zero attached hydrogens (tertiary/aromatic N) is 3. The van der Waals surface area contributed by atoms with E-state index >= 15 is 0 Å². The van der Waals surface area contributed by atoms with Gasteiger partial charge in [0.15, 0.2) is 0 Å². The molecule has 0 aliphatic rings. The third kappa shape index (κ3) is 2.11. The van der Waals surface area contributed by atoms with Gasteiger partial charge in [0.05, 0.1) is 4.88 Å². The Hall–Kier alpha value is -2.10. The first-order chi connectivity index (χ1) is 7.81. The van der Waals surface area contributed by atoms with E-state index in [1.54, 1.807) is 6.07 Å². The van der Waals surface area contributed by atoms with Crippen LogP contribution in [0.5, 0.6) is 0 Å². The minimum absolute atomic E-state index is 0.455. The summed E-state index contributed by atoms with van der Waals surface area (Å²) < 4.78 is 0. The third-order valence-corrected chi connectivity index (χ3v) is 3.13. The molecule has 0 aliphatic heterocycles. The Morgan fingerprint density at radius 1 is 1.19 bits per heavy atom.